The van der Waals surface area contributed by atoms with E-state index in [-0.39, 0.29) is 19.1 Å². The number of aliphatic hydroxyl groups is 1. The number of para-hydroxylation sites is 2. The SMILES string of the molecule is Cc1cc(C)c(NC(=O)Cn2c(CO)nc3ccccc32)c(Cl)c1. The summed E-state index contributed by atoms with van der Waals surface area (Å²) in [7, 11) is 0. The van der Waals surface area contributed by atoms with Crippen LogP contribution in [0.5, 0.6) is 0 Å². The molecule has 0 saturated heterocycles. The van der Waals surface area contributed by atoms with Crippen LogP contribution in [0.15, 0.2) is 36.4 Å². The number of aromatic nitrogens is 2. The number of hydrogen-bond acceptors (Lipinski definition) is 3. The summed E-state index contributed by atoms with van der Waals surface area (Å²) in [6.07, 6.45) is 0. The Balaban J connectivity index is 1.88. The van der Waals surface area contributed by atoms with Gasteiger partial charge in [-0.05, 0) is 43.2 Å². The van der Waals surface area contributed by atoms with Gasteiger partial charge in [0.15, 0.2) is 0 Å². The summed E-state index contributed by atoms with van der Waals surface area (Å²) in [6, 6.07) is 11.3. The molecule has 6 heteroatoms. The molecule has 0 aliphatic carbocycles. The van der Waals surface area contributed by atoms with Gasteiger partial charge in [-0.15, -0.1) is 0 Å². The monoisotopic (exact) mass is 343 g/mol. The fourth-order valence-electron chi connectivity index (χ4n) is 2.82. The van der Waals surface area contributed by atoms with E-state index in [2.05, 4.69) is 10.3 Å². The van der Waals surface area contributed by atoms with Crippen molar-refractivity contribution in [3.8, 4) is 0 Å². The van der Waals surface area contributed by atoms with Crippen molar-refractivity contribution in [3.05, 3.63) is 58.4 Å². The Kier molecular flexibility index (Phi) is 4.55. The molecule has 124 valence electrons. The molecule has 1 aromatic heterocycles. The van der Waals surface area contributed by atoms with Crippen molar-refractivity contribution >= 4 is 34.2 Å². The van der Waals surface area contributed by atoms with Crippen molar-refractivity contribution in [1.29, 1.82) is 0 Å². The van der Waals surface area contributed by atoms with Gasteiger partial charge in [0.2, 0.25) is 5.91 Å². The van der Waals surface area contributed by atoms with Gasteiger partial charge in [0.05, 0.1) is 21.7 Å². The summed E-state index contributed by atoms with van der Waals surface area (Å²) in [5, 5.41) is 12.9. The van der Waals surface area contributed by atoms with E-state index in [0.29, 0.717) is 16.5 Å². The molecular weight excluding hydrogens is 326 g/mol. The van der Waals surface area contributed by atoms with Crippen molar-refractivity contribution in [1.82, 2.24) is 9.55 Å². The van der Waals surface area contributed by atoms with Gasteiger partial charge in [0.25, 0.3) is 0 Å². The molecule has 0 unspecified atom stereocenters. The third-order valence-corrected chi connectivity index (χ3v) is 4.17. The molecule has 2 N–H and O–H groups in total. The number of fused-ring (bicyclic) bond motifs is 1. The zero-order chi connectivity index (χ0) is 17.3. The topological polar surface area (TPSA) is 67.2 Å². The smallest absolute Gasteiger partial charge is 0.244 e. The Bertz CT molecular complexity index is 895. The van der Waals surface area contributed by atoms with Crippen molar-refractivity contribution < 1.29 is 9.90 Å². The van der Waals surface area contributed by atoms with Crippen LogP contribution in [0.2, 0.25) is 5.02 Å². The third-order valence-electron chi connectivity index (χ3n) is 3.87. The number of nitrogens with zero attached hydrogens (tertiary/aromatic N) is 2. The second kappa shape index (κ2) is 6.63. The summed E-state index contributed by atoms with van der Waals surface area (Å²) in [5.41, 5.74) is 4.12. The molecule has 0 fully saturated rings. The number of hydrogen-bond donors (Lipinski definition) is 2. The number of rotatable bonds is 4. The Morgan fingerprint density at radius 3 is 2.75 bits per heavy atom. The van der Waals surface area contributed by atoms with Gasteiger partial charge in [-0.2, -0.15) is 0 Å². The lowest BCUT2D eigenvalue weighted by Crippen LogP contribution is -2.21. The van der Waals surface area contributed by atoms with Gasteiger partial charge in [0.1, 0.15) is 19.0 Å². The molecule has 0 atom stereocenters. The zero-order valence-corrected chi connectivity index (χ0v) is 14.3. The van der Waals surface area contributed by atoms with Crippen LogP contribution in [0, 0.1) is 13.8 Å². The summed E-state index contributed by atoms with van der Waals surface area (Å²) in [6.45, 7) is 3.68. The molecule has 0 spiro atoms. The van der Waals surface area contributed by atoms with E-state index in [0.717, 1.165) is 22.2 Å². The number of benzene rings is 2. The Hall–Kier alpha value is -2.37. The minimum Gasteiger partial charge on any atom is -0.388 e. The lowest BCUT2D eigenvalue weighted by molar-refractivity contribution is -0.116. The number of carbonyl (C=O) groups is 1. The number of aliphatic hydroxyl groups excluding tert-OH is 1. The van der Waals surface area contributed by atoms with Crippen molar-refractivity contribution in [2.45, 2.75) is 27.0 Å². The molecule has 0 saturated carbocycles. The second-order valence-corrected chi connectivity index (χ2v) is 6.16. The number of carbonyl (C=O) groups excluding carboxylic acids is 1. The maximum absolute atomic E-state index is 12.5. The van der Waals surface area contributed by atoms with Crippen LogP contribution in [0.25, 0.3) is 11.0 Å². The van der Waals surface area contributed by atoms with E-state index in [1.54, 1.807) is 4.57 Å². The highest BCUT2D eigenvalue weighted by atomic mass is 35.5. The maximum Gasteiger partial charge on any atom is 0.244 e. The van der Waals surface area contributed by atoms with Crippen LogP contribution in [-0.4, -0.2) is 20.6 Å². The van der Waals surface area contributed by atoms with Crippen molar-refractivity contribution in [2.24, 2.45) is 0 Å². The van der Waals surface area contributed by atoms with E-state index in [9.17, 15) is 9.90 Å². The number of imidazole rings is 1. The normalized spacial score (nSPS) is 11.0. The van der Waals surface area contributed by atoms with E-state index in [4.69, 9.17) is 11.6 Å². The van der Waals surface area contributed by atoms with Gasteiger partial charge in [-0.25, -0.2) is 4.98 Å². The Morgan fingerprint density at radius 1 is 1.29 bits per heavy atom. The fourth-order valence-corrected chi connectivity index (χ4v) is 3.19. The highest BCUT2D eigenvalue weighted by molar-refractivity contribution is 6.34. The molecule has 1 amide bonds. The maximum atomic E-state index is 12.5. The predicted molar refractivity (Wildman–Crippen MR) is 95.2 cm³/mol. The molecule has 2 aromatic carbocycles. The molecule has 1 heterocycles. The van der Waals surface area contributed by atoms with Crippen LogP contribution >= 0.6 is 11.6 Å². The molecule has 0 bridgehead atoms. The van der Waals surface area contributed by atoms with Crippen LogP contribution in [0.1, 0.15) is 17.0 Å². The van der Waals surface area contributed by atoms with E-state index in [1.165, 1.54) is 0 Å². The van der Waals surface area contributed by atoms with Gasteiger partial charge in [-0.3, -0.25) is 4.79 Å². The zero-order valence-electron chi connectivity index (χ0n) is 13.5. The first-order chi connectivity index (χ1) is 11.5. The molecule has 0 radical (unpaired) electrons. The van der Waals surface area contributed by atoms with E-state index >= 15 is 0 Å². The molecule has 0 aliphatic heterocycles. The summed E-state index contributed by atoms with van der Waals surface area (Å²) < 4.78 is 1.71. The molecule has 3 rings (SSSR count). The van der Waals surface area contributed by atoms with E-state index in [1.807, 2.05) is 50.2 Å². The predicted octanol–water partition coefficient (Wildman–Crippen LogP) is 3.44. The lowest BCUT2D eigenvalue weighted by atomic mass is 10.1. The van der Waals surface area contributed by atoms with Crippen LogP contribution in [-0.2, 0) is 17.9 Å². The summed E-state index contributed by atoms with van der Waals surface area (Å²) in [4.78, 5) is 16.8. The minimum absolute atomic E-state index is 0.0556. The average Bonchev–Trinajstić information content (AvgIpc) is 2.89. The Morgan fingerprint density at radius 2 is 2.04 bits per heavy atom. The number of amides is 1. The first kappa shape index (κ1) is 16.5. The van der Waals surface area contributed by atoms with Crippen molar-refractivity contribution in [2.75, 3.05) is 5.32 Å². The number of anilines is 1. The minimum atomic E-state index is -0.230. The second-order valence-electron chi connectivity index (χ2n) is 5.75. The van der Waals surface area contributed by atoms with Gasteiger partial charge in [-0.1, -0.05) is 29.8 Å². The van der Waals surface area contributed by atoms with Crippen LogP contribution < -0.4 is 5.32 Å². The average molecular weight is 344 g/mol. The molecule has 3 aromatic rings. The Labute approximate surface area is 144 Å². The summed E-state index contributed by atoms with van der Waals surface area (Å²) >= 11 is 6.24. The first-order valence-corrected chi connectivity index (χ1v) is 7.99. The largest absolute Gasteiger partial charge is 0.388 e. The number of aryl methyl sites for hydroxylation is 2. The van der Waals surface area contributed by atoms with Gasteiger partial charge in [0, 0.05) is 0 Å². The molecular formula is C18H18ClN3O2. The molecule has 5 nitrogen and oxygen atoms in total. The van der Waals surface area contributed by atoms with Crippen LogP contribution in [0.4, 0.5) is 5.69 Å². The quantitative estimate of drug-likeness (QED) is 0.762. The number of halogens is 1. The first-order valence-electron chi connectivity index (χ1n) is 7.61. The highest BCUT2D eigenvalue weighted by Gasteiger charge is 2.15. The number of nitrogens with one attached hydrogen (secondary N) is 1. The standard InChI is InChI=1S/C18H18ClN3O2/c1-11-7-12(2)18(13(19)8-11)21-17(24)9-22-15-6-4-3-5-14(15)20-16(22)10-23/h3-8,23H,9-10H2,1-2H3,(H,21,24). The van der Waals surface area contributed by atoms with Gasteiger partial charge >= 0.3 is 0 Å². The molecule has 0 aliphatic rings. The molecule has 24 heavy (non-hydrogen) atoms. The highest BCUT2D eigenvalue weighted by Crippen LogP contribution is 2.27. The van der Waals surface area contributed by atoms with Crippen molar-refractivity contribution in [3.63, 3.8) is 0 Å². The lowest BCUT2D eigenvalue weighted by Gasteiger charge is -2.13. The fraction of sp³-hybridized carbons (Fsp3) is 0.222. The summed E-state index contributed by atoms with van der Waals surface area (Å²) in [5.74, 6) is 0.236. The van der Waals surface area contributed by atoms with Gasteiger partial charge < -0.3 is 15.0 Å². The third kappa shape index (κ3) is 3.13. The van der Waals surface area contributed by atoms with Crippen LogP contribution in [0.3, 0.4) is 0 Å². The van der Waals surface area contributed by atoms with E-state index < -0.39 is 0 Å².